The predicted molar refractivity (Wildman–Crippen MR) is 98.1 cm³/mol. The SMILES string of the molecule is Cc1c(C(=O)OCC(=O)N(Cc2ccccc2F)C2CC2)cccc1[N+](=O)[O-]. The van der Waals surface area contributed by atoms with Gasteiger partial charge in [-0.1, -0.05) is 24.3 Å². The summed E-state index contributed by atoms with van der Waals surface area (Å²) in [5.74, 6) is -1.64. The molecular formula is C20H19FN2O5. The quantitative estimate of drug-likeness (QED) is 0.413. The minimum atomic E-state index is -0.809. The Morgan fingerprint density at radius 1 is 1.21 bits per heavy atom. The Morgan fingerprint density at radius 2 is 1.93 bits per heavy atom. The van der Waals surface area contributed by atoms with E-state index >= 15 is 0 Å². The smallest absolute Gasteiger partial charge is 0.339 e. The van der Waals surface area contributed by atoms with Crippen LogP contribution < -0.4 is 0 Å². The second-order valence-corrected chi connectivity index (χ2v) is 6.63. The molecule has 1 saturated carbocycles. The van der Waals surface area contributed by atoms with Crippen molar-refractivity contribution in [2.24, 2.45) is 0 Å². The molecule has 0 radical (unpaired) electrons. The van der Waals surface area contributed by atoms with Gasteiger partial charge in [0, 0.05) is 29.8 Å². The highest BCUT2D eigenvalue weighted by Gasteiger charge is 2.33. The number of ether oxygens (including phenoxy) is 1. The zero-order valence-electron chi connectivity index (χ0n) is 15.3. The van der Waals surface area contributed by atoms with Gasteiger partial charge >= 0.3 is 5.97 Å². The number of carbonyl (C=O) groups excluding carboxylic acids is 2. The molecule has 0 heterocycles. The van der Waals surface area contributed by atoms with Crippen LogP contribution in [0, 0.1) is 22.9 Å². The molecule has 0 unspecified atom stereocenters. The Kier molecular flexibility index (Phi) is 5.67. The molecule has 0 spiro atoms. The molecule has 0 atom stereocenters. The van der Waals surface area contributed by atoms with Gasteiger partial charge in [-0.2, -0.15) is 0 Å². The number of esters is 1. The molecule has 1 fully saturated rings. The maximum atomic E-state index is 13.9. The van der Waals surface area contributed by atoms with Gasteiger partial charge in [-0.25, -0.2) is 9.18 Å². The third-order valence-electron chi connectivity index (χ3n) is 4.66. The van der Waals surface area contributed by atoms with E-state index in [0.29, 0.717) is 5.56 Å². The van der Waals surface area contributed by atoms with E-state index in [1.165, 1.54) is 36.1 Å². The molecular weight excluding hydrogens is 367 g/mol. The van der Waals surface area contributed by atoms with Gasteiger partial charge in [-0.3, -0.25) is 14.9 Å². The molecule has 0 saturated heterocycles. The largest absolute Gasteiger partial charge is 0.452 e. The van der Waals surface area contributed by atoms with Gasteiger partial charge in [-0.15, -0.1) is 0 Å². The summed E-state index contributed by atoms with van der Waals surface area (Å²) in [5, 5.41) is 11.0. The number of nitrogens with zero attached hydrogens (tertiary/aromatic N) is 2. The number of halogens is 1. The van der Waals surface area contributed by atoms with Gasteiger partial charge in [0.1, 0.15) is 5.82 Å². The number of nitro benzene ring substituents is 1. The molecule has 28 heavy (non-hydrogen) atoms. The highest BCUT2D eigenvalue weighted by Crippen LogP contribution is 2.29. The fourth-order valence-corrected chi connectivity index (χ4v) is 2.95. The molecule has 2 aromatic rings. The van der Waals surface area contributed by atoms with E-state index in [9.17, 15) is 24.1 Å². The number of rotatable bonds is 7. The molecule has 1 amide bonds. The third kappa shape index (κ3) is 4.33. The van der Waals surface area contributed by atoms with Crippen LogP contribution in [0.2, 0.25) is 0 Å². The van der Waals surface area contributed by atoms with E-state index in [4.69, 9.17) is 4.74 Å². The van der Waals surface area contributed by atoms with Crippen LogP contribution in [0.5, 0.6) is 0 Å². The average Bonchev–Trinajstić information content (AvgIpc) is 3.50. The van der Waals surface area contributed by atoms with E-state index in [2.05, 4.69) is 0 Å². The summed E-state index contributed by atoms with van der Waals surface area (Å²) in [7, 11) is 0. The van der Waals surface area contributed by atoms with Crippen molar-refractivity contribution in [2.45, 2.75) is 32.4 Å². The van der Waals surface area contributed by atoms with Crippen molar-refractivity contribution in [1.82, 2.24) is 4.90 Å². The van der Waals surface area contributed by atoms with Crippen LogP contribution in [-0.4, -0.2) is 34.3 Å². The van der Waals surface area contributed by atoms with Crippen LogP contribution >= 0.6 is 0 Å². The molecule has 8 heteroatoms. The summed E-state index contributed by atoms with van der Waals surface area (Å²) in [4.78, 5) is 36.8. The highest BCUT2D eigenvalue weighted by molar-refractivity contribution is 5.93. The lowest BCUT2D eigenvalue weighted by atomic mass is 10.1. The van der Waals surface area contributed by atoms with Crippen molar-refractivity contribution in [3.8, 4) is 0 Å². The number of carbonyl (C=O) groups is 2. The lowest BCUT2D eigenvalue weighted by Gasteiger charge is -2.22. The van der Waals surface area contributed by atoms with E-state index in [1.807, 2.05) is 0 Å². The van der Waals surface area contributed by atoms with Gasteiger partial charge in [-0.05, 0) is 31.9 Å². The molecule has 7 nitrogen and oxygen atoms in total. The molecule has 1 aliphatic carbocycles. The number of benzene rings is 2. The Morgan fingerprint density at radius 3 is 2.57 bits per heavy atom. The molecule has 146 valence electrons. The first-order valence-electron chi connectivity index (χ1n) is 8.82. The van der Waals surface area contributed by atoms with Crippen LogP contribution in [-0.2, 0) is 16.1 Å². The molecule has 0 N–H and O–H groups in total. The number of hydrogen-bond donors (Lipinski definition) is 0. The molecule has 1 aliphatic rings. The summed E-state index contributed by atoms with van der Waals surface area (Å²) >= 11 is 0. The first-order valence-corrected chi connectivity index (χ1v) is 8.82. The minimum Gasteiger partial charge on any atom is -0.452 e. The monoisotopic (exact) mass is 386 g/mol. The summed E-state index contributed by atoms with van der Waals surface area (Å²) in [6, 6.07) is 10.3. The Labute approximate surface area is 160 Å². The fraction of sp³-hybridized carbons (Fsp3) is 0.300. The first kappa shape index (κ1) is 19.5. The van der Waals surface area contributed by atoms with Gasteiger partial charge in [0.15, 0.2) is 6.61 Å². The van der Waals surface area contributed by atoms with Crippen LogP contribution in [0.4, 0.5) is 10.1 Å². The topological polar surface area (TPSA) is 89.8 Å². The number of hydrogen-bond acceptors (Lipinski definition) is 5. The van der Waals surface area contributed by atoms with Crippen molar-refractivity contribution < 1.29 is 23.6 Å². The fourth-order valence-electron chi connectivity index (χ4n) is 2.95. The van der Waals surface area contributed by atoms with Crippen LogP contribution in [0.1, 0.15) is 34.3 Å². The molecule has 2 aromatic carbocycles. The van der Waals surface area contributed by atoms with E-state index in [1.54, 1.807) is 18.2 Å². The van der Waals surface area contributed by atoms with Crippen molar-refractivity contribution in [3.05, 3.63) is 75.1 Å². The van der Waals surface area contributed by atoms with E-state index < -0.39 is 29.2 Å². The lowest BCUT2D eigenvalue weighted by molar-refractivity contribution is -0.385. The Hall–Kier alpha value is -3.29. The summed E-state index contributed by atoms with van der Waals surface area (Å²) < 4.78 is 19.0. The van der Waals surface area contributed by atoms with E-state index in [0.717, 1.165) is 12.8 Å². The standard InChI is InChI=1S/C20H19FN2O5/c1-13-16(6-4-8-18(13)23(26)27)20(25)28-12-19(24)22(15-9-10-15)11-14-5-2-3-7-17(14)21/h2-8,15H,9-12H2,1H3. The summed E-state index contributed by atoms with van der Waals surface area (Å²) in [5.41, 5.74) is 0.410. The second kappa shape index (κ2) is 8.16. The average molecular weight is 386 g/mol. The molecule has 0 aromatic heterocycles. The van der Waals surface area contributed by atoms with Gasteiger partial charge in [0.25, 0.3) is 11.6 Å². The van der Waals surface area contributed by atoms with Gasteiger partial charge < -0.3 is 9.64 Å². The third-order valence-corrected chi connectivity index (χ3v) is 4.66. The van der Waals surface area contributed by atoms with Crippen LogP contribution in [0.25, 0.3) is 0 Å². The van der Waals surface area contributed by atoms with Crippen LogP contribution in [0.15, 0.2) is 42.5 Å². The van der Waals surface area contributed by atoms with Crippen molar-refractivity contribution >= 4 is 17.6 Å². The molecule has 0 bridgehead atoms. The molecule has 0 aliphatic heterocycles. The zero-order valence-corrected chi connectivity index (χ0v) is 15.3. The number of nitro groups is 1. The predicted octanol–water partition coefficient (Wildman–Crippen LogP) is 3.39. The van der Waals surface area contributed by atoms with Crippen molar-refractivity contribution in [2.75, 3.05) is 6.61 Å². The highest BCUT2D eigenvalue weighted by atomic mass is 19.1. The van der Waals surface area contributed by atoms with Crippen molar-refractivity contribution in [3.63, 3.8) is 0 Å². The first-order chi connectivity index (χ1) is 13.4. The molecule has 3 rings (SSSR count). The Bertz CT molecular complexity index is 927. The van der Waals surface area contributed by atoms with Crippen molar-refractivity contribution in [1.29, 1.82) is 0 Å². The van der Waals surface area contributed by atoms with Gasteiger partial charge in [0.05, 0.1) is 10.5 Å². The normalized spacial score (nSPS) is 13.1. The maximum Gasteiger partial charge on any atom is 0.339 e. The maximum absolute atomic E-state index is 13.9. The second-order valence-electron chi connectivity index (χ2n) is 6.63. The number of amides is 1. The summed E-state index contributed by atoms with van der Waals surface area (Å²) in [6.45, 7) is 1.04. The van der Waals surface area contributed by atoms with Gasteiger partial charge in [0.2, 0.25) is 0 Å². The zero-order chi connectivity index (χ0) is 20.3. The minimum absolute atomic E-state index is 0.00496. The lowest BCUT2D eigenvalue weighted by Crippen LogP contribution is -2.36. The summed E-state index contributed by atoms with van der Waals surface area (Å²) in [6.07, 6.45) is 1.64. The van der Waals surface area contributed by atoms with Crippen LogP contribution in [0.3, 0.4) is 0 Å². The Balaban J connectivity index is 1.67. The van der Waals surface area contributed by atoms with E-state index in [-0.39, 0.29) is 29.4 Å².